The fourth-order valence-electron chi connectivity index (χ4n) is 2.65. The Kier molecular flexibility index (Phi) is 6.50. The molecule has 8 nitrogen and oxygen atoms in total. The van der Waals surface area contributed by atoms with Crippen LogP contribution in [0.5, 0.6) is 0 Å². The minimum atomic E-state index is -0.673. The molecule has 2 aromatic carbocycles. The van der Waals surface area contributed by atoms with Crippen LogP contribution >= 0.6 is 11.8 Å². The third kappa shape index (κ3) is 5.14. The fraction of sp³-hybridized carbons (Fsp3) is 0.200. The monoisotopic (exact) mass is 414 g/mol. The van der Waals surface area contributed by atoms with Crippen LogP contribution in [-0.4, -0.2) is 42.7 Å². The summed E-state index contributed by atoms with van der Waals surface area (Å²) in [6, 6.07) is 13.6. The van der Waals surface area contributed by atoms with Gasteiger partial charge in [-0.25, -0.2) is 4.79 Å². The van der Waals surface area contributed by atoms with Crippen molar-refractivity contribution in [2.75, 3.05) is 24.4 Å². The summed E-state index contributed by atoms with van der Waals surface area (Å²) in [4.78, 5) is 48.9. The van der Waals surface area contributed by atoms with Gasteiger partial charge in [-0.3, -0.25) is 14.4 Å². The van der Waals surface area contributed by atoms with Crippen molar-refractivity contribution in [3.8, 4) is 0 Å². The predicted molar refractivity (Wildman–Crippen MR) is 107 cm³/mol. The molecule has 150 valence electrons. The van der Waals surface area contributed by atoms with E-state index in [1.54, 1.807) is 18.2 Å². The molecule has 1 aliphatic heterocycles. The van der Waals surface area contributed by atoms with Crippen molar-refractivity contribution < 1.29 is 28.7 Å². The molecule has 2 N–H and O–H groups in total. The molecule has 9 heteroatoms. The van der Waals surface area contributed by atoms with Crippen LogP contribution in [0.2, 0.25) is 0 Å². The van der Waals surface area contributed by atoms with Crippen LogP contribution in [0.3, 0.4) is 0 Å². The molecule has 0 saturated carbocycles. The van der Waals surface area contributed by atoms with E-state index in [1.807, 2.05) is 18.2 Å². The number of esters is 2. The first-order valence-electron chi connectivity index (χ1n) is 8.67. The highest BCUT2D eigenvalue weighted by molar-refractivity contribution is 8.01. The highest BCUT2D eigenvalue weighted by Gasteiger charge is 2.29. The van der Waals surface area contributed by atoms with Gasteiger partial charge in [-0.05, 0) is 24.3 Å². The quantitative estimate of drug-likeness (QED) is 0.699. The van der Waals surface area contributed by atoms with Gasteiger partial charge in [-0.15, -0.1) is 11.8 Å². The summed E-state index contributed by atoms with van der Waals surface area (Å²) < 4.78 is 9.64. The maximum absolute atomic E-state index is 12.1. The number of para-hydroxylation sites is 2. The predicted octanol–water partition coefficient (Wildman–Crippen LogP) is 2.46. The molecule has 1 atom stereocenters. The van der Waals surface area contributed by atoms with Gasteiger partial charge in [0.1, 0.15) is 0 Å². The maximum atomic E-state index is 12.1. The Morgan fingerprint density at radius 1 is 1.10 bits per heavy atom. The average molecular weight is 414 g/mol. The molecule has 2 amide bonds. The van der Waals surface area contributed by atoms with Gasteiger partial charge in [0.25, 0.3) is 5.91 Å². The lowest BCUT2D eigenvalue weighted by Crippen LogP contribution is -2.32. The number of nitrogens with one attached hydrogen (secondary N) is 2. The summed E-state index contributed by atoms with van der Waals surface area (Å²) >= 11 is 1.27. The first-order chi connectivity index (χ1) is 14.0. The number of amides is 2. The number of ether oxygens (including phenoxy) is 2. The van der Waals surface area contributed by atoms with Crippen molar-refractivity contribution in [1.82, 2.24) is 0 Å². The Labute approximate surface area is 170 Å². The topological polar surface area (TPSA) is 111 Å². The van der Waals surface area contributed by atoms with Crippen LogP contribution in [0.1, 0.15) is 16.8 Å². The van der Waals surface area contributed by atoms with Crippen LogP contribution in [-0.2, 0) is 23.9 Å². The van der Waals surface area contributed by atoms with Crippen LogP contribution in [0.4, 0.5) is 11.4 Å². The number of carbonyl (C=O) groups excluding carboxylic acids is 4. The molecule has 1 aliphatic rings. The second-order valence-electron chi connectivity index (χ2n) is 6.04. The van der Waals surface area contributed by atoms with Crippen molar-refractivity contribution in [1.29, 1.82) is 0 Å². The van der Waals surface area contributed by atoms with E-state index in [9.17, 15) is 19.2 Å². The van der Waals surface area contributed by atoms with Crippen molar-refractivity contribution in [3.05, 3.63) is 54.1 Å². The molecule has 0 unspecified atom stereocenters. The molecule has 3 rings (SSSR count). The summed E-state index contributed by atoms with van der Waals surface area (Å²) in [6.07, 6.45) is -0.170. The minimum absolute atomic E-state index is 0.170. The molecule has 0 fully saturated rings. The first-order valence-corrected chi connectivity index (χ1v) is 9.55. The zero-order valence-electron chi connectivity index (χ0n) is 15.5. The normalized spacial score (nSPS) is 14.9. The van der Waals surface area contributed by atoms with E-state index in [4.69, 9.17) is 4.74 Å². The second-order valence-corrected chi connectivity index (χ2v) is 7.29. The fourth-order valence-corrected chi connectivity index (χ4v) is 3.74. The third-order valence-electron chi connectivity index (χ3n) is 4.03. The second kappa shape index (κ2) is 9.24. The average Bonchev–Trinajstić information content (AvgIpc) is 2.72. The summed E-state index contributed by atoms with van der Waals surface area (Å²) in [5.74, 6) is -2.17. The Bertz CT molecular complexity index is 961. The number of fused-ring (bicyclic) bond motifs is 1. The van der Waals surface area contributed by atoms with Crippen LogP contribution in [0, 0.1) is 0 Å². The van der Waals surface area contributed by atoms with Crippen molar-refractivity contribution in [2.24, 2.45) is 0 Å². The van der Waals surface area contributed by atoms with Gasteiger partial charge in [0, 0.05) is 4.90 Å². The summed E-state index contributed by atoms with van der Waals surface area (Å²) in [5, 5.41) is 4.61. The van der Waals surface area contributed by atoms with E-state index >= 15 is 0 Å². The molecular formula is C20H18N2O6S. The number of methoxy groups -OCH3 is 1. The van der Waals surface area contributed by atoms with Crippen LogP contribution in [0.25, 0.3) is 0 Å². The molecule has 2 aromatic rings. The number of thioether (sulfide) groups is 1. The SMILES string of the molecule is COC(=O)c1ccccc1NC(=O)COC(=O)C[C@H]1Sc2ccccc2NC1=O. The minimum Gasteiger partial charge on any atom is -0.465 e. The number of benzene rings is 2. The summed E-state index contributed by atoms with van der Waals surface area (Å²) in [7, 11) is 1.24. The van der Waals surface area contributed by atoms with Gasteiger partial charge in [-0.1, -0.05) is 24.3 Å². The first kappa shape index (κ1) is 20.4. The standard InChI is InChI=1S/C20H18N2O6S/c1-27-20(26)12-6-2-3-7-13(12)21-17(23)11-28-18(24)10-16-19(25)22-14-8-4-5-9-15(14)29-16/h2-9,16H,10-11H2,1H3,(H,21,23)(H,22,25)/t16-/m1/s1. The maximum Gasteiger partial charge on any atom is 0.339 e. The van der Waals surface area contributed by atoms with Gasteiger partial charge >= 0.3 is 11.9 Å². The van der Waals surface area contributed by atoms with E-state index in [-0.39, 0.29) is 23.6 Å². The Morgan fingerprint density at radius 2 is 1.83 bits per heavy atom. The Morgan fingerprint density at radius 3 is 2.62 bits per heavy atom. The van der Waals surface area contributed by atoms with Gasteiger partial charge < -0.3 is 20.1 Å². The molecule has 0 bridgehead atoms. The molecule has 0 saturated heterocycles. The van der Waals surface area contributed by atoms with Crippen LogP contribution < -0.4 is 10.6 Å². The highest BCUT2D eigenvalue weighted by atomic mass is 32.2. The van der Waals surface area contributed by atoms with Gasteiger partial charge in [0.05, 0.1) is 35.7 Å². The van der Waals surface area contributed by atoms with Crippen molar-refractivity contribution >= 4 is 46.9 Å². The van der Waals surface area contributed by atoms with Crippen molar-refractivity contribution in [3.63, 3.8) is 0 Å². The highest BCUT2D eigenvalue weighted by Crippen LogP contribution is 2.36. The lowest BCUT2D eigenvalue weighted by molar-refractivity contribution is -0.147. The number of hydrogen-bond acceptors (Lipinski definition) is 7. The van der Waals surface area contributed by atoms with Gasteiger partial charge in [0.2, 0.25) is 5.91 Å². The molecule has 0 spiro atoms. The smallest absolute Gasteiger partial charge is 0.339 e. The van der Waals surface area contributed by atoms with E-state index < -0.39 is 29.7 Å². The van der Waals surface area contributed by atoms with Crippen LogP contribution in [0.15, 0.2) is 53.4 Å². The van der Waals surface area contributed by atoms with E-state index in [0.29, 0.717) is 5.69 Å². The van der Waals surface area contributed by atoms with Gasteiger partial charge in [0.15, 0.2) is 6.61 Å². The Hall–Kier alpha value is -3.33. The zero-order chi connectivity index (χ0) is 20.8. The number of carbonyl (C=O) groups is 4. The number of anilines is 2. The van der Waals surface area contributed by atoms with Crippen molar-refractivity contribution in [2.45, 2.75) is 16.6 Å². The lowest BCUT2D eigenvalue weighted by Gasteiger charge is -2.23. The number of hydrogen-bond donors (Lipinski definition) is 2. The van der Waals surface area contributed by atoms with E-state index in [2.05, 4.69) is 15.4 Å². The summed E-state index contributed by atoms with van der Waals surface area (Å²) in [5.41, 5.74) is 1.14. The molecule has 0 aromatic heterocycles. The van der Waals surface area contributed by atoms with E-state index in [1.165, 1.54) is 31.0 Å². The van der Waals surface area contributed by atoms with E-state index in [0.717, 1.165) is 4.90 Å². The zero-order valence-corrected chi connectivity index (χ0v) is 16.3. The molecular weight excluding hydrogens is 396 g/mol. The molecule has 0 aliphatic carbocycles. The third-order valence-corrected chi connectivity index (χ3v) is 5.30. The molecule has 29 heavy (non-hydrogen) atoms. The molecule has 0 radical (unpaired) electrons. The number of rotatable bonds is 6. The molecule has 1 heterocycles. The summed E-state index contributed by atoms with van der Waals surface area (Å²) in [6.45, 7) is -0.538. The Balaban J connectivity index is 1.52. The lowest BCUT2D eigenvalue weighted by atomic mass is 10.2. The van der Waals surface area contributed by atoms with Gasteiger partial charge in [-0.2, -0.15) is 0 Å². The largest absolute Gasteiger partial charge is 0.465 e.